The highest BCUT2D eigenvalue weighted by molar-refractivity contribution is 6.31. The van der Waals surface area contributed by atoms with Gasteiger partial charge in [0.05, 0.1) is 5.69 Å². The Bertz CT molecular complexity index is 1220. The van der Waals surface area contributed by atoms with Gasteiger partial charge in [-0.25, -0.2) is 4.39 Å². The fourth-order valence-corrected chi connectivity index (χ4v) is 4.09. The van der Waals surface area contributed by atoms with Crippen molar-refractivity contribution in [2.24, 2.45) is 7.05 Å². The SMILES string of the molecule is CC(C)NC(=O)CN(Cc1cccc(F)c1)C(=O)c1nn(C)c2c1COc1ccc(Cl)cc1-2. The van der Waals surface area contributed by atoms with Crippen molar-refractivity contribution >= 4 is 23.4 Å². The number of aryl methyl sites for hydroxylation is 1. The van der Waals surface area contributed by atoms with Gasteiger partial charge in [-0.3, -0.25) is 14.3 Å². The highest BCUT2D eigenvalue weighted by atomic mass is 35.5. The molecule has 7 nitrogen and oxygen atoms in total. The molecular formula is C24H24ClFN4O3. The van der Waals surface area contributed by atoms with E-state index in [2.05, 4.69) is 10.4 Å². The molecule has 1 aromatic heterocycles. The first kappa shape index (κ1) is 22.8. The summed E-state index contributed by atoms with van der Waals surface area (Å²) in [5, 5.41) is 7.80. The van der Waals surface area contributed by atoms with E-state index in [1.165, 1.54) is 17.0 Å². The van der Waals surface area contributed by atoms with Gasteiger partial charge in [0.2, 0.25) is 5.91 Å². The van der Waals surface area contributed by atoms with E-state index >= 15 is 0 Å². The van der Waals surface area contributed by atoms with Crippen molar-refractivity contribution in [1.82, 2.24) is 20.0 Å². The van der Waals surface area contributed by atoms with Gasteiger partial charge in [-0.15, -0.1) is 0 Å². The van der Waals surface area contributed by atoms with Crippen LogP contribution in [-0.4, -0.2) is 39.1 Å². The molecule has 0 radical (unpaired) electrons. The zero-order valence-corrected chi connectivity index (χ0v) is 19.3. The Morgan fingerprint density at radius 1 is 1.27 bits per heavy atom. The maximum Gasteiger partial charge on any atom is 0.275 e. The first-order chi connectivity index (χ1) is 15.7. The Hall–Kier alpha value is -3.39. The van der Waals surface area contributed by atoms with E-state index in [4.69, 9.17) is 16.3 Å². The molecule has 2 amide bonds. The van der Waals surface area contributed by atoms with E-state index in [0.29, 0.717) is 21.9 Å². The first-order valence-electron chi connectivity index (χ1n) is 10.5. The molecule has 2 aromatic carbocycles. The number of nitrogens with zero attached hydrogens (tertiary/aromatic N) is 3. The molecule has 2 heterocycles. The second kappa shape index (κ2) is 9.23. The number of aromatic nitrogens is 2. The van der Waals surface area contributed by atoms with Crippen LogP contribution in [-0.2, 0) is 25.0 Å². The Balaban J connectivity index is 1.70. The van der Waals surface area contributed by atoms with Crippen molar-refractivity contribution in [3.8, 4) is 17.0 Å². The summed E-state index contributed by atoms with van der Waals surface area (Å²) < 4.78 is 21.2. The van der Waals surface area contributed by atoms with E-state index < -0.39 is 11.7 Å². The summed E-state index contributed by atoms with van der Waals surface area (Å²) in [6, 6.07) is 11.2. The van der Waals surface area contributed by atoms with Gasteiger partial charge in [0, 0.05) is 35.8 Å². The number of carbonyl (C=O) groups is 2. The van der Waals surface area contributed by atoms with Crippen LogP contribution >= 0.6 is 11.6 Å². The normalized spacial score (nSPS) is 12.1. The monoisotopic (exact) mass is 470 g/mol. The Morgan fingerprint density at radius 2 is 2.06 bits per heavy atom. The lowest BCUT2D eigenvalue weighted by atomic mass is 10.0. The summed E-state index contributed by atoms with van der Waals surface area (Å²) in [5.41, 5.74) is 2.85. The van der Waals surface area contributed by atoms with Crippen molar-refractivity contribution in [2.45, 2.75) is 33.0 Å². The highest BCUT2D eigenvalue weighted by Crippen LogP contribution is 2.40. The Kier molecular flexibility index (Phi) is 6.37. The van der Waals surface area contributed by atoms with Crippen molar-refractivity contribution in [2.75, 3.05) is 6.54 Å². The zero-order valence-electron chi connectivity index (χ0n) is 18.6. The number of hydrogen-bond donors (Lipinski definition) is 1. The summed E-state index contributed by atoms with van der Waals surface area (Å²) in [4.78, 5) is 27.5. The van der Waals surface area contributed by atoms with Gasteiger partial charge < -0.3 is 15.0 Å². The number of nitrogens with one attached hydrogen (secondary N) is 1. The second-order valence-corrected chi connectivity index (χ2v) is 8.68. The highest BCUT2D eigenvalue weighted by Gasteiger charge is 2.31. The van der Waals surface area contributed by atoms with Gasteiger partial charge in [-0.1, -0.05) is 23.7 Å². The molecule has 0 unspecified atom stereocenters. The van der Waals surface area contributed by atoms with Gasteiger partial charge >= 0.3 is 0 Å². The van der Waals surface area contributed by atoms with Crippen LogP contribution in [0, 0.1) is 5.82 Å². The lowest BCUT2D eigenvalue weighted by Gasteiger charge is -2.23. The van der Waals surface area contributed by atoms with Crippen molar-refractivity contribution < 1.29 is 18.7 Å². The summed E-state index contributed by atoms with van der Waals surface area (Å²) in [7, 11) is 1.74. The molecule has 0 spiro atoms. The van der Waals surface area contributed by atoms with Crippen molar-refractivity contribution in [1.29, 1.82) is 0 Å². The molecule has 0 saturated heterocycles. The van der Waals surface area contributed by atoms with Crippen LogP contribution in [0.4, 0.5) is 4.39 Å². The molecule has 172 valence electrons. The van der Waals surface area contributed by atoms with Gasteiger partial charge in [0.1, 0.15) is 24.7 Å². The van der Waals surface area contributed by atoms with Crippen molar-refractivity contribution in [3.05, 3.63) is 70.1 Å². The van der Waals surface area contributed by atoms with E-state index in [1.807, 2.05) is 13.8 Å². The number of amides is 2. The van der Waals surface area contributed by atoms with E-state index in [9.17, 15) is 14.0 Å². The number of fused-ring (bicyclic) bond motifs is 3. The molecule has 1 N–H and O–H groups in total. The van der Waals surface area contributed by atoms with E-state index in [1.54, 1.807) is 42.1 Å². The largest absolute Gasteiger partial charge is 0.488 e. The number of carbonyl (C=O) groups excluding carboxylic acids is 2. The molecular weight excluding hydrogens is 447 g/mol. The molecule has 0 saturated carbocycles. The third kappa shape index (κ3) is 4.85. The number of hydrogen-bond acceptors (Lipinski definition) is 4. The topological polar surface area (TPSA) is 76.5 Å². The zero-order chi connectivity index (χ0) is 23.7. The van der Waals surface area contributed by atoms with Gasteiger partial charge in [-0.05, 0) is 49.7 Å². The van der Waals surface area contributed by atoms with Gasteiger partial charge in [0.15, 0.2) is 5.69 Å². The first-order valence-corrected chi connectivity index (χ1v) is 10.9. The van der Waals surface area contributed by atoms with Crippen LogP contribution in [0.5, 0.6) is 5.75 Å². The smallest absolute Gasteiger partial charge is 0.275 e. The lowest BCUT2D eigenvalue weighted by Crippen LogP contribution is -2.42. The predicted octanol–water partition coefficient (Wildman–Crippen LogP) is 3.94. The average Bonchev–Trinajstić information content (AvgIpc) is 3.09. The predicted molar refractivity (Wildman–Crippen MR) is 122 cm³/mol. The van der Waals surface area contributed by atoms with E-state index in [0.717, 1.165) is 11.3 Å². The van der Waals surface area contributed by atoms with E-state index in [-0.39, 0.29) is 37.3 Å². The maximum atomic E-state index is 13.8. The van der Waals surface area contributed by atoms with Gasteiger partial charge in [-0.2, -0.15) is 5.10 Å². The quantitative estimate of drug-likeness (QED) is 0.592. The molecule has 0 aliphatic carbocycles. The fraction of sp³-hybridized carbons (Fsp3) is 0.292. The molecule has 1 aliphatic heterocycles. The Labute approximate surface area is 196 Å². The van der Waals surface area contributed by atoms with Crippen LogP contribution in [0.1, 0.15) is 35.5 Å². The molecule has 0 bridgehead atoms. The summed E-state index contributed by atoms with van der Waals surface area (Å²) in [6.45, 7) is 3.70. The maximum absolute atomic E-state index is 13.8. The molecule has 1 aliphatic rings. The number of rotatable bonds is 6. The molecule has 4 rings (SSSR count). The summed E-state index contributed by atoms with van der Waals surface area (Å²) >= 11 is 6.18. The lowest BCUT2D eigenvalue weighted by molar-refractivity contribution is -0.122. The standard InChI is InChI=1S/C24H24ClFN4O3/c1-14(2)27-21(31)12-30(11-15-5-4-6-17(26)9-15)24(32)22-19-13-33-20-8-7-16(25)10-18(20)23(19)29(3)28-22/h4-10,14H,11-13H2,1-3H3,(H,27,31). The van der Waals surface area contributed by atoms with Crippen LogP contribution in [0.15, 0.2) is 42.5 Å². The molecule has 0 fully saturated rings. The number of halogens is 2. The minimum Gasteiger partial charge on any atom is -0.488 e. The second-order valence-electron chi connectivity index (χ2n) is 8.24. The van der Waals surface area contributed by atoms with Crippen LogP contribution in [0.2, 0.25) is 5.02 Å². The van der Waals surface area contributed by atoms with Crippen molar-refractivity contribution in [3.63, 3.8) is 0 Å². The summed E-state index contributed by atoms with van der Waals surface area (Å²) in [5.74, 6) is -0.512. The summed E-state index contributed by atoms with van der Waals surface area (Å²) in [6.07, 6.45) is 0. The van der Waals surface area contributed by atoms with Gasteiger partial charge in [0.25, 0.3) is 5.91 Å². The van der Waals surface area contributed by atoms with Crippen LogP contribution in [0.25, 0.3) is 11.3 Å². The number of ether oxygens (including phenoxy) is 1. The molecule has 3 aromatic rings. The number of benzene rings is 2. The Morgan fingerprint density at radius 3 is 2.79 bits per heavy atom. The third-order valence-electron chi connectivity index (χ3n) is 5.25. The molecule has 0 atom stereocenters. The average molecular weight is 471 g/mol. The third-order valence-corrected chi connectivity index (χ3v) is 5.49. The minimum atomic E-state index is -0.441. The van der Waals surface area contributed by atoms with Crippen LogP contribution in [0.3, 0.4) is 0 Å². The fourth-order valence-electron chi connectivity index (χ4n) is 3.92. The van der Waals surface area contributed by atoms with Crippen LogP contribution < -0.4 is 10.1 Å². The molecule has 33 heavy (non-hydrogen) atoms. The minimum absolute atomic E-state index is 0.0523. The molecule has 9 heteroatoms.